The number of hydrogen-bond acceptors (Lipinski definition) is 6. The minimum atomic E-state index is -0.479. The van der Waals surface area contributed by atoms with Gasteiger partial charge >= 0.3 is 5.97 Å². The van der Waals surface area contributed by atoms with Gasteiger partial charge in [0.15, 0.2) is 0 Å². The van der Waals surface area contributed by atoms with Crippen LogP contribution in [0.4, 0.5) is 0 Å². The minimum Gasteiger partial charge on any atom is -0.460 e. The molecule has 0 radical (unpaired) electrons. The summed E-state index contributed by atoms with van der Waals surface area (Å²) < 4.78 is 10.5. The summed E-state index contributed by atoms with van der Waals surface area (Å²) in [5.74, 6) is 0.842. The van der Waals surface area contributed by atoms with E-state index in [0.29, 0.717) is 18.1 Å². The van der Waals surface area contributed by atoms with E-state index < -0.39 is 5.60 Å². The van der Waals surface area contributed by atoms with E-state index in [4.69, 9.17) is 9.26 Å². The molecule has 6 heteroatoms. The maximum absolute atomic E-state index is 12.0. The average molecular weight is 339 g/mol. The zero-order valence-corrected chi connectivity index (χ0v) is 14.9. The molecule has 2 heterocycles. The molecule has 0 saturated heterocycles. The molecule has 6 nitrogen and oxygen atoms in total. The lowest BCUT2D eigenvalue weighted by Crippen LogP contribution is -2.24. The summed E-state index contributed by atoms with van der Waals surface area (Å²) in [6.07, 6.45) is 2.54. The third-order valence-corrected chi connectivity index (χ3v) is 3.64. The van der Waals surface area contributed by atoms with Gasteiger partial charge in [0.1, 0.15) is 5.60 Å². The van der Waals surface area contributed by atoms with E-state index >= 15 is 0 Å². The zero-order valence-electron chi connectivity index (χ0n) is 14.9. The lowest BCUT2D eigenvalue weighted by Gasteiger charge is -2.19. The highest BCUT2D eigenvalue weighted by atomic mass is 16.6. The fourth-order valence-corrected chi connectivity index (χ4v) is 2.68. The van der Waals surface area contributed by atoms with Crippen LogP contribution in [0.3, 0.4) is 0 Å². The van der Waals surface area contributed by atoms with Crippen molar-refractivity contribution in [3.63, 3.8) is 0 Å². The van der Waals surface area contributed by atoms with Crippen molar-refractivity contribution < 1.29 is 14.1 Å². The van der Waals surface area contributed by atoms with Gasteiger partial charge in [0.05, 0.1) is 6.42 Å². The van der Waals surface area contributed by atoms with Crippen molar-refractivity contribution in [1.82, 2.24) is 15.1 Å². The van der Waals surface area contributed by atoms with Gasteiger partial charge in [0, 0.05) is 36.2 Å². The topological polar surface area (TPSA) is 78.1 Å². The van der Waals surface area contributed by atoms with Gasteiger partial charge < -0.3 is 9.26 Å². The first-order chi connectivity index (χ1) is 11.8. The Morgan fingerprint density at radius 3 is 2.68 bits per heavy atom. The van der Waals surface area contributed by atoms with E-state index in [1.54, 1.807) is 13.1 Å². The van der Waals surface area contributed by atoms with Gasteiger partial charge in [-0.2, -0.15) is 4.98 Å². The first-order valence-electron chi connectivity index (χ1n) is 8.22. The van der Waals surface area contributed by atoms with E-state index in [0.717, 1.165) is 22.0 Å². The summed E-state index contributed by atoms with van der Waals surface area (Å²) in [7, 11) is 0. The van der Waals surface area contributed by atoms with Crippen molar-refractivity contribution in [3.05, 3.63) is 42.0 Å². The highest BCUT2D eigenvalue weighted by molar-refractivity contribution is 5.96. The predicted molar refractivity (Wildman–Crippen MR) is 93.9 cm³/mol. The number of carbonyl (C=O) groups is 1. The van der Waals surface area contributed by atoms with Crippen LogP contribution in [0.2, 0.25) is 0 Å². The second-order valence-corrected chi connectivity index (χ2v) is 6.88. The third kappa shape index (κ3) is 4.02. The molecular formula is C19H21N3O3. The van der Waals surface area contributed by atoms with E-state index in [-0.39, 0.29) is 12.4 Å². The number of fused-ring (bicyclic) bond motifs is 1. The number of pyridine rings is 1. The van der Waals surface area contributed by atoms with Crippen LogP contribution in [-0.4, -0.2) is 26.7 Å². The van der Waals surface area contributed by atoms with Crippen molar-refractivity contribution >= 4 is 16.7 Å². The first kappa shape index (κ1) is 17.1. The zero-order chi connectivity index (χ0) is 18.0. The fraction of sp³-hybridized carbons (Fsp3) is 0.368. The molecule has 0 N–H and O–H groups in total. The molecule has 130 valence electrons. The van der Waals surface area contributed by atoms with Crippen molar-refractivity contribution in [2.24, 2.45) is 0 Å². The Kier molecular flexibility index (Phi) is 4.53. The van der Waals surface area contributed by atoms with Crippen LogP contribution >= 0.6 is 0 Å². The van der Waals surface area contributed by atoms with Crippen LogP contribution in [0.25, 0.3) is 22.2 Å². The molecule has 0 aliphatic rings. The monoisotopic (exact) mass is 339 g/mol. The molecule has 0 spiro atoms. The molecule has 2 aromatic heterocycles. The summed E-state index contributed by atoms with van der Waals surface area (Å²) in [5, 5.41) is 5.96. The number of rotatable bonds is 4. The van der Waals surface area contributed by atoms with E-state index in [9.17, 15) is 4.79 Å². The molecule has 0 unspecified atom stereocenters. The number of nitrogens with zero attached hydrogens (tertiary/aromatic N) is 3. The van der Waals surface area contributed by atoms with Crippen LogP contribution < -0.4 is 0 Å². The Morgan fingerprint density at radius 2 is 2.00 bits per heavy atom. The molecule has 25 heavy (non-hydrogen) atoms. The largest absolute Gasteiger partial charge is 0.460 e. The second kappa shape index (κ2) is 6.63. The van der Waals surface area contributed by atoms with Gasteiger partial charge in [-0.15, -0.1) is 0 Å². The summed E-state index contributed by atoms with van der Waals surface area (Å²) in [6.45, 7) is 7.34. The number of aryl methyl sites for hydroxylation is 2. The van der Waals surface area contributed by atoms with E-state index in [2.05, 4.69) is 15.1 Å². The Bertz CT molecular complexity index is 910. The summed E-state index contributed by atoms with van der Waals surface area (Å²) in [5.41, 5.74) is 1.26. The maximum atomic E-state index is 12.0. The average Bonchev–Trinajstić information content (AvgIpc) is 2.97. The number of ether oxygens (including phenoxy) is 1. The summed E-state index contributed by atoms with van der Waals surface area (Å²) in [6, 6.07) is 7.79. The van der Waals surface area contributed by atoms with Gasteiger partial charge in [0.25, 0.3) is 0 Å². The summed E-state index contributed by atoms with van der Waals surface area (Å²) >= 11 is 0. The Morgan fingerprint density at radius 1 is 1.20 bits per heavy atom. The van der Waals surface area contributed by atoms with E-state index in [1.165, 1.54) is 0 Å². The second-order valence-electron chi connectivity index (χ2n) is 6.88. The fourth-order valence-electron chi connectivity index (χ4n) is 2.68. The predicted octanol–water partition coefficient (Wildman–Crippen LogP) is 3.87. The number of benzene rings is 1. The highest BCUT2D eigenvalue weighted by Gasteiger charge is 2.17. The van der Waals surface area contributed by atoms with Gasteiger partial charge in [-0.1, -0.05) is 23.4 Å². The Balaban J connectivity index is 1.89. The van der Waals surface area contributed by atoms with Crippen LogP contribution in [-0.2, 0) is 16.0 Å². The molecule has 0 fully saturated rings. The molecule has 0 atom stereocenters. The van der Waals surface area contributed by atoms with Crippen LogP contribution in [0, 0.1) is 6.92 Å². The Hall–Kier alpha value is -2.76. The lowest BCUT2D eigenvalue weighted by molar-refractivity contribution is -0.154. The molecule has 0 bridgehead atoms. The molecule has 3 aromatic rings. The molecule has 0 aliphatic heterocycles. The number of carbonyl (C=O) groups excluding carboxylic acids is 1. The van der Waals surface area contributed by atoms with E-state index in [1.807, 2.05) is 45.0 Å². The van der Waals surface area contributed by atoms with Gasteiger partial charge in [-0.3, -0.25) is 9.78 Å². The molecule has 1 aromatic carbocycles. The summed E-state index contributed by atoms with van der Waals surface area (Å²) in [4.78, 5) is 20.7. The Labute approximate surface area is 146 Å². The molecular weight excluding hydrogens is 318 g/mol. The number of aromatic nitrogens is 3. The smallest absolute Gasteiger partial charge is 0.306 e. The molecule has 0 amide bonds. The lowest BCUT2D eigenvalue weighted by atomic mass is 10.0. The number of esters is 1. The molecule has 0 aliphatic carbocycles. The van der Waals surface area contributed by atoms with Crippen LogP contribution in [0.1, 0.15) is 38.8 Å². The highest BCUT2D eigenvalue weighted by Crippen LogP contribution is 2.28. The van der Waals surface area contributed by atoms with Gasteiger partial charge in [-0.25, -0.2) is 0 Å². The normalized spacial score (nSPS) is 11.7. The SMILES string of the molecule is Cc1nc(-c2cccc3c(CCC(=O)OC(C)(C)C)nccc23)no1. The molecule has 3 rings (SSSR count). The van der Waals surface area contributed by atoms with Crippen molar-refractivity contribution in [3.8, 4) is 11.4 Å². The maximum Gasteiger partial charge on any atom is 0.306 e. The third-order valence-electron chi connectivity index (χ3n) is 3.64. The van der Waals surface area contributed by atoms with Crippen molar-refractivity contribution in [2.75, 3.05) is 0 Å². The minimum absolute atomic E-state index is 0.226. The van der Waals surface area contributed by atoms with Gasteiger partial charge in [0.2, 0.25) is 11.7 Å². The van der Waals surface area contributed by atoms with Crippen molar-refractivity contribution in [2.45, 2.75) is 46.1 Å². The standard InChI is InChI=1S/C19H21N3O3/c1-12-21-18(22-25-12)15-7-5-6-14-13(15)10-11-20-16(14)8-9-17(23)24-19(2,3)4/h5-7,10-11H,8-9H2,1-4H3. The molecule has 0 saturated carbocycles. The van der Waals surface area contributed by atoms with Gasteiger partial charge in [-0.05, 0) is 32.2 Å². The van der Waals surface area contributed by atoms with Crippen molar-refractivity contribution in [1.29, 1.82) is 0 Å². The first-order valence-corrected chi connectivity index (χ1v) is 8.22. The van der Waals surface area contributed by atoms with Crippen LogP contribution in [0.15, 0.2) is 35.0 Å². The quantitative estimate of drug-likeness (QED) is 0.672. The van der Waals surface area contributed by atoms with Crippen LogP contribution in [0.5, 0.6) is 0 Å². The number of hydrogen-bond donors (Lipinski definition) is 0.